The first-order valence-corrected chi connectivity index (χ1v) is 8.59. The molecule has 0 spiro atoms. The summed E-state index contributed by atoms with van der Waals surface area (Å²) in [6, 6.07) is 13.6. The van der Waals surface area contributed by atoms with Crippen molar-refractivity contribution in [1.29, 1.82) is 0 Å². The molecule has 3 aromatic rings. The van der Waals surface area contributed by atoms with Crippen LogP contribution in [0, 0.1) is 5.41 Å². The second kappa shape index (κ2) is 6.01. The average molecular weight is 335 g/mol. The number of carbonyl (C=O) groups is 1. The van der Waals surface area contributed by atoms with Crippen LogP contribution in [-0.2, 0) is 6.42 Å². The summed E-state index contributed by atoms with van der Waals surface area (Å²) in [5.74, 6) is -0.471. The SMILES string of the molecule is NC(=O)c1cccc2cn(-c3ccc(CC4(CO)CCC4)cc3)nc12. The zero-order chi connectivity index (χ0) is 17.4. The van der Waals surface area contributed by atoms with Crippen molar-refractivity contribution in [3.63, 3.8) is 0 Å². The predicted molar refractivity (Wildman–Crippen MR) is 96.7 cm³/mol. The molecule has 1 saturated carbocycles. The van der Waals surface area contributed by atoms with Crippen LogP contribution in [0.2, 0.25) is 0 Å². The van der Waals surface area contributed by atoms with Gasteiger partial charge in [0, 0.05) is 18.2 Å². The highest BCUT2D eigenvalue weighted by Gasteiger charge is 2.36. The van der Waals surface area contributed by atoms with Gasteiger partial charge in [0.05, 0.1) is 11.3 Å². The number of amides is 1. The van der Waals surface area contributed by atoms with E-state index in [2.05, 4.69) is 17.2 Å². The van der Waals surface area contributed by atoms with E-state index in [0.29, 0.717) is 11.1 Å². The molecule has 0 radical (unpaired) electrons. The Kier molecular flexibility index (Phi) is 3.81. The molecule has 0 unspecified atom stereocenters. The Morgan fingerprint density at radius 1 is 1.20 bits per heavy atom. The molecule has 0 saturated heterocycles. The summed E-state index contributed by atoms with van der Waals surface area (Å²) < 4.78 is 1.77. The minimum absolute atomic E-state index is 0.0816. The summed E-state index contributed by atoms with van der Waals surface area (Å²) in [5.41, 5.74) is 8.72. The van der Waals surface area contributed by atoms with E-state index in [9.17, 15) is 9.90 Å². The molecule has 2 aromatic carbocycles. The molecule has 0 atom stereocenters. The average Bonchev–Trinajstić information content (AvgIpc) is 3.02. The molecule has 4 rings (SSSR count). The quantitative estimate of drug-likeness (QED) is 0.752. The molecular weight excluding hydrogens is 314 g/mol. The van der Waals surface area contributed by atoms with E-state index in [0.717, 1.165) is 30.3 Å². The van der Waals surface area contributed by atoms with Gasteiger partial charge in [0.25, 0.3) is 5.91 Å². The molecular formula is C20H21N3O2. The largest absolute Gasteiger partial charge is 0.396 e. The minimum Gasteiger partial charge on any atom is -0.396 e. The van der Waals surface area contributed by atoms with Crippen molar-refractivity contribution in [3.05, 3.63) is 59.8 Å². The van der Waals surface area contributed by atoms with Crippen molar-refractivity contribution >= 4 is 16.8 Å². The van der Waals surface area contributed by atoms with Crippen LogP contribution in [0.3, 0.4) is 0 Å². The van der Waals surface area contributed by atoms with Gasteiger partial charge in [0.1, 0.15) is 5.52 Å². The highest BCUT2D eigenvalue weighted by Crippen LogP contribution is 2.43. The molecule has 5 heteroatoms. The number of nitrogens with two attached hydrogens (primary N) is 1. The lowest BCUT2D eigenvalue weighted by atomic mass is 9.66. The number of aromatic nitrogens is 2. The zero-order valence-electron chi connectivity index (χ0n) is 14.0. The highest BCUT2D eigenvalue weighted by molar-refractivity contribution is 6.04. The highest BCUT2D eigenvalue weighted by atomic mass is 16.3. The second-order valence-electron chi connectivity index (χ2n) is 7.04. The summed E-state index contributed by atoms with van der Waals surface area (Å²) in [4.78, 5) is 11.6. The van der Waals surface area contributed by atoms with Crippen LogP contribution in [0.15, 0.2) is 48.7 Å². The predicted octanol–water partition coefficient (Wildman–Crippen LogP) is 2.83. The smallest absolute Gasteiger partial charge is 0.250 e. The van der Waals surface area contributed by atoms with Gasteiger partial charge in [-0.15, -0.1) is 0 Å². The maximum atomic E-state index is 11.6. The number of aliphatic hydroxyl groups excluding tert-OH is 1. The third-order valence-electron chi connectivity index (χ3n) is 5.33. The van der Waals surface area contributed by atoms with Gasteiger partial charge in [-0.3, -0.25) is 4.79 Å². The Bertz CT molecular complexity index is 918. The van der Waals surface area contributed by atoms with Crippen LogP contribution in [0.25, 0.3) is 16.6 Å². The van der Waals surface area contributed by atoms with Gasteiger partial charge in [-0.1, -0.05) is 30.7 Å². The molecule has 1 aliphatic rings. The molecule has 1 fully saturated rings. The number of hydrogen-bond acceptors (Lipinski definition) is 3. The lowest BCUT2D eigenvalue weighted by Gasteiger charge is -2.40. The number of rotatable bonds is 5. The van der Waals surface area contributed by atoms with E-state index in [1.165, 1.54) is 12.0 Å². The van der Waals surface area contributed by atoms with Crippen molar-refractivity contribution in [2.45, 2.75) is 25.7 Å². The number of aliphatic hydroxyl groups is 1. The Morgan fingerprint density at radius 2 is 1.96 bits per heavy atom. The molecule has 3 N–H and O–H groups in total. The van der Waals surface area contributed by atoms with Crippen LogP contribution in [0.5, 0.6) is 0 Å². The molecule has 25 heavy (non-hydrogen) atoms. The molecule has 128 valence electrons. The molecule has 1 aliphatic carbocycles. The Labute approximate surface area is 146 Å². The molecule has 1 amide bonds. The number of benzene rings is 2. The fourth-order valence-electron chi connectivity index (χ4n) is 3.64. The van der Waals surface area contributed by atoms with Crippen molar-refractivity contribution in [2.75, 3.05) is 6.61 Å². The van der Waals surface area contributed by atoms with Gasteiger partial charge in [-0.25, -0.2) is 4.68 Å². The summed E-state index contributed by atoms with van der Waals surface area (Å²) in [7, 11) is 0. The van der Waals surface area contributed by atoms with Crippen LogP contribution in [-0.4, -0.2) is 27.4 Å². The maximum absolute atomic E-state index is 11.6. The standard InChI is InChI=1S/C20H21N3O2/c21-19(25)17-4-1-3-15-12-23(22-18(15)17)16-7-5-14(6-8-16)11-20(13-24)9-2-10-20/h1,3-8,12,24H,2,9-11,13H2,(H2,21,25). The van der Waals surface area contributed by atoms with E-state index in [-0.39, 0.29) is 12.0 Å². The van der Waals surface area contributed by atoms with Crippen molar-refractivity contribution in [2.24, 2.45) is 11.1 Å². The monoisotopic (exact) mass is 335 g/mol. The number of carbonyl (C=O) groups excluding carboxylic acids is 1. The van der Waals surface area contributed by atoms with Crippen LogP contribution in [0.1, 0.15) is 35.2 Å². The van der Waals surface area contributed by atoms with Gasteiger partial charge < -0.3 is 10.8 Å². The molecule has 5 nitrogen and oxygen atoms in total. The van der Waals surface area contributed by atoms with Crippen molar-refractivity contribution in [3.8, 4) is 5.69 Å². The first kappa shape index (κ1) is 15.8. The zero-order valence-corrected chi connectivity index (χ0v) is 14.0. The van der Waals surface area contributed by atoms with E-state index in [1.807, 2.05) is 30.5 Å². The van der Waals surface area contributed by atoms with E-state index in [1.54, 1.807) is 10.7 Å². The summed E-state index contributed by atoms with van der Waals surface area (Å²) in [6.45, 7) is 0.259. The second-order valence-corrected chi connectivity index (χ2v) is 7.04. The fourth-order valence-corrected chi connectivity index (χ4v) is 3.64. The van der Waals surface area contributed by atoms with Crippen molar-refractivity contribution < 1.29 is 9.90 Å². The summed E-state index contributed by atoms with van der Waals surface area (Å²) in [6.07, 6.45) is 6.23. The number of hydrogen-bond donors (Lipinski definition) is 2. The van der Waals surface area contributed by atoms with Gasteiger partial charge in [0.15, 0.2) is 0 Å². The van der Waals surface area contributed by atoms with E-state index >= 15 is 0 Å². The minimum atomic E-state index is -0.471. The molecule has 0 aliphatic heterocycles. The number of nitrogens with zero attached hydrogens (tertiary/aromatic N) is 2. The molecule has 1 heterocycles. The van der Waals surface area contributed by atoms with Gasteiger partial charge in [0.2, 0.25) is 0 Å². The third-order valence-corrected chi connectivity index (χ3v) is 5.33. The lowest BCUT2D eigenvalue weighted by molar-refractivity contribution is 0.0450. The fraction of sp³-hybridized carbons (Fsp3) is 0.300. The van der Waals surface area contributed by atoms with Crippen LogP contribution >= 0.6 is 0 Å². The van der Waals surface area contributed by atoms with Crippen molar-refractivity contribution in [1.82, 2.24) is 9.78 Å². The molecule has 0 bridgehead atoms. The van der Waals surface area contributed by atoms with E-state index in [4.69, 9.17) is 5.73 Å². The third kappa shape index (κ3) is 2.81. The van der Waals surface area contributed by atoms with E-state index < -0.39 is 5.91 Å². The Hall–Kier alpha value is -2.66. The van der Waals surface area contributed by atoms with Gasteiger partial charge in [-0.2, -0.15) is 5.10 Å². The number of primary amides is 1. The summed E-state index contributed by atoms with van der Waals surface area (Å²) in [5, 5.41) is 15.0. The van der Waals surface area contributed by atoms with Gasteiger partial charge >= 0.3 is 0 Å². The normalized spacial score (nSPS) is 15.9. The molecule has 1 aromatic heterocycles. The van der Waals surface area contributed by atoms with Crippen LogP contribution < -0.4 is 5.73 Å². The first-order chi connectivity index (χ1) is 12.1. The Morgan fingerprint density at radius 3 is 2.56 bits per heavy atom. The maximum Gasteiger partial charge on any atom is 0.250 e. The number of fused-ring (bicyclic) bond motifs is 1. The van der Waals surface area contributed by atoms with Crippen LogP contribution in [0.4, 0.5) is 0 Å². The topological polar surface area (TPSA) is 81.1 Å². The summed E-state index contributed by atoms with van der Waals surface area (Å²) >= 11 is 0. The lowest BCUT2D eigenvalue weighted by Crippen LogP contribution is -2.35. The first-order valence-electron chi connectivity index (χ1n) is 8.59. The Balaban J connectivity index is 1.63. The van der Waals surface area contributed by atoms with Gasteiger partial charge in [-0.05, 0) is 48.4 Å².